The van der Waals surface area contributed by atoms with Gasteiger partial charge in [-0.05, 0) is 25.3 Å². The quantitative estimate of drug-likeness (QED) is 0.271. The van der Waals surface area contributed by atoms with E-state index >= 15 is 0 Å². The zero-order chi connectivity index (χ0) is 14.9. The molecule has 0 rings (SSSR count). The molecule has 112 valence electrons. The van der Waals surface area contributed by atoms with Gasteiger partial charge in [-0.1, -0.05) is 52.5 Å². The van der Waals surface area contributed by atoms with Crippen LogP contribution in [0.1, 0.15) is 65.7 Å². The van der Waals surface area contributed by atoms with Crippen LogP contribution in [0.4, 0.5) is 0 Å². The number of methoxy groups -OCH3 is 1. The number of carbonyl (C=O) groups excluding carboxylic acids is 2. The van der Waals surface area contributed by atoms with E-state index < -0.39 is 0 Å². The Morgan fingerprint density at radius 3 is 2.26 bits per heavy atom. The molecular weight excluding hydrogens is 240 g/mol. The molecule has 1 atom stereocenters. The van der Waals surface area contributed by atoms with Crippen molar-refractivity contribution in [1.82, 2.24) is 0 Å². The predicted octanol–water partition coefficient (Wildman–Crippen LogP) is 4.31. The molecule has 0 aromatic carbocycles. The molecule has 0 saturated carbocycles. The molecular formula is C16H30O3. The van der Waals surface area contributed by atoms with Crippen LogP contribution in [0.2, 0.25) is 0 Å². The van der Waals surface area contributed by atoms with E-state index in [9.17, 15) is 9.59 Å². The normalized spacial score (nSPS) is 11.6. The highest BCUT2D eigenvalue weighted by Crippen LogP contribution is 2.14. The van der Waals surface area contributed by atoms with Crippen molar-refractivity contribution >= 4 is 12.3 Å². The molecule has 0 aliphatic rings. The van der Waals surface area contributed by atoms with Crippen LogP contribution in [0.5, 0.6) is 0 Å². The largest absolute Gasteiger partial charge is 0.469 e. The highest BCUT2D eigenvalue weighted by molar-refractivity contribution is 5.72. The third-order valence-electron chi connectivity index (χ3n) is 2.85. The van der Waals surface area contributed by atoms with Crippen molar-refractivity contribution in [3.8, 4) is 0 Å². The number of allylic oxidation sites excluding steroid dienone is 2. The molecule has 0 bridgehead atoms. The van der Waals surface area contributed by atoms with E-state index in [4.69, 9.17) is 4.74 Å². The molecule has 3 nitrogen and oxygen atoms in total. The summed E-state index contributed by atoms with van der Waals surface area (Å²) in [6.45, 7) is 6.28. The van der Waals surface area contributed by atoms with Gasteiger partial charge in [0.1, 0.15) is 6.29 Å². The molecule has 0 radical (unpaired) electrons. The van der Waals surface area contributed by atoms with Crippen molar-refractivity contribution in [2.24, 2.45) is 5.92 Å². The topological polar surface area (TPSA) is 43.4 Å². The van der Waals surface area contributed by atoms with Gasteiger partial charge in [0.05, 0.1) is 13.0 Å². The summed E-state index contributed by atoms with van der Waals surface area (Å²) < 4.78 is 4.69. The maximum Gasteiger partial charge on any atom is 0.308 e. The number of esters is 1. The Labute approximate surface area is 118 Å². The van der Waals surface area contributed by atoms with E-state index in [1.54, 1.807) is 0 Å². The maximum atomic E-state index is 11.1. The van der Waals surface area contributed by atoms with E-state index in [-0.39, 0.29) is 11.9 Å². The summed E-state index contributed by atoms with van der Waals surface area (Å²) in [7, 11) is 1.46. The first-order valence-electron chi connectivity index (χ1n) is 7.35. The standard InChI is InChI=1S/C10H20O2.C6H10O/c1-4-6-7-8-9(5-2)10(11)12-3;1-2-3-4-5-6-7/h9H,4-8H2,1-3H3;4-6H,2-3H2,1H3. The minimum atomic E-state index is -0.0476. The Morgan fingerprint density at radius 2 is 1.84 bits per heavy atom. The van der Waals surface area contributed by atoms with Crippen LogP contribution in [0, 0.1) is 5.92 Å². The number of unbranched alkanes of at least 4 members (excludes halogenated alkanes) is 3. The molecule has 3 heteroatoms. The molecule has 0 spiro atoms. The van der Waals surface area contributed by atoms with Crippen molar-refractivity contribution < 1.29 is 14.3 Å². The zero-order valence-corrected chi connectivity index (χ0v) is 13.0. The fourth-order valence-corrected chi connectivity index (χ4v) is 1.61. The van der Waals surface area contributed by atoms with Gasteiger partial charge in [0.25, 0.3) is 0 Å². The fraction of sp³-hybridized carbons (Fsp3) is 0.750. The third kappa shape index (κ3) is 14.8. The zero-order valence-electron chi connectivity index (χ0n) is 13.0. The Balaban J connectivity index is 0. The second-order valence-electron chi connectivity index (χ2n) is 4.48. The summed E-state index contributed by atoms with van der Waals surface area (Å²) in [4.78, 5) is 20.7. The molecule has 0 aliphatic heterocycles. The number of ether oxygens (including phenoxy) is 1. The van der Waals surface area contributed by atoms with E-state index in [1.165, 1.54) is 26.0 Å². The SMILES string of the molecule is CCCC=CC=O.CCCCCC(CC)C(=O)OC. The lowest BCUT2D eigenvalue weighted by molar-refractivity contribution is -0.145. The molecule has 0 heterocycles. The van der Waals surface area contributed by atoms with Gasteiger partial charge in [-0.15, -0.1) is 0 Å². The van der Waals surface area contributed by atoms with Gasteiger partial charge < -0.3 is 4.74 Å². The second kappa shape index (κ2) is 16.9. The Hall–Kier alpha value is -1.12. The molecule has 0 fully saturated rings. The van der Waals surface area contributed by atoms with Gasteiger partial charge in [0.15, 0.2) is 0 Å². The van der Waals surface area contributed by atoms with Crippen molar-refractivity contribution in [3.05, 3.63) is 12.2 Å². The Bertz CT molecular complexity index is 234. The average Bonchev–Trinajstić information content (AvgIpc) is 2.44. The number of hydrogen-bond donors (Lipinski definition) is 0. The maximum absolute atomic E-state index is 11.1. The lowest BCUT2D eigenvalue weighted by Crippen LogP contribution is -2.15. The van der Waals surface area contributed by atoms with Crippen LogP contribution in [-0.2, 0) is 14.3 Å². The molecule has 0 aromatic rings. The number of rotatable bonds is 9. The average molecular weight is 270 g/mol. The summed E-state index contributed by atoms with van der Waals surface area (Å²) in [5.74, 6) is 0.0788. The van der Waals surface area contributed by atoms with E-state index in [0.717, 1.165) is 38.4 Å². The molecule has 0 saturated heterocycles. The van der Waals surface area contributed by atoms with Crippen LogP contribution >= 0.6 is 0 Å². The van der Waals surface area contributed by atoms with Gasteiger partial charge in [-0.25, -0.2) is 0 Å². The Morgan fingerprint density at radius 1 is 1.16 bits per heavy atom. The minimum absolute atomic E-state index is 0.0476. The van der Waals surface area contributed by atoms with Gasteiger partial charge in [0.2, 0.25) is 0 Å². The third-order valence-corrected chi connectivity index (χ3v) is 2.85. The monoisotopic (exact) mass is 270 g/mol. The van der Waals surface area contributed by atoms with Crippen molar-refractivity contribution in [3.63, 3.8) is 0 Å². The molecule has 0 aliphatic carbocycles. The first-order valence-corrected chi connectivity index (χ1v) is 7.35. The lowest BCUT2D eigenvalue weighted by atomic mass is 9.99. The van der Waals surface area contributed by atoms with Crippen molar-refractivity contribution in [2.75, 3.05) is 7.11 Å². The molecule has 0 amide bonds. The predicted molar refractivity (Wildman–Crippen MR) is 80.1 cm³/mol. The van der Waals surface area contributed by atoms with Gasteiger partial charge in [-0.3, -0.25) is 9.59 Å². The Kier molecular flexibility index (Phi) is 17.9. The molecule has 19 heavy (non-hydrogen) atoms. The summed E-state index contributed by atoms with van der Waals surface area (Å²) in [5.41, 5.74) is 0. The summed E-state index contributed by atoms with van der Waals surface area (Å²) >= 11 is 0. The van der Waals surface area contributed by atoms with Crippen LogP contribution in [0.15, 0.2) is 12.2 Å². The number of carbonyl (C=O) groups is 2. The summed E-state index contributed by atoms with van der Waals surface area (Å²) in [6, 6.07) is 0. The van der Waals surface area contributed by atoms with Gasteiger partial charge in [0, 0.05) is 0 Å². The summed E-state index contributed by atoms with van der Waals surface area (Å²) in [6.07, 6.45) is 11.8. The lowest BCUT2D eigenvalue weighted by Gasteiger charge is -2.10. The minimum Gasteiger partial charge on any atom is -0.469 e. The summed E-state index contributed by atoms with van der Waals surface area (Å²) in [5, 5.41) is 0. The van der Waals surface area contributed by atoms with E-state index in [0.29, 0.717) is 0 Å². The van der Waals surface area contributed by atoms with Crippen LogP contribution in [-0.4, -0.2) is 19.4 Å². The first-order chi connectivity index (χ1) is 9.17. The highest BCUT2D eigenvalue weighted by atomic mass is 16.5. The molecule has 0 aromatic heterocycles. The number of hydrogen-bond acceptors (Lipinski definition) is 3. The van der Waals surface area contributed by atoms with Crippen molar-refractivity contribution in [2.45, 2.75) is 65.7 Å². The second-order valence-corrected chi connectivity index (χ2v) is 4.48. The smallest absolute Gasteiger partial charge is 0.308 e. The molecule has 0 N–H and O–H groups in total. The van der Waals surface area contributed by atoms with Crippen LogP contribution < -0.4 is 0 Å². The first kappa shape index (κ1) is 20.2. The molecule has 1 unspecified atom stereocenters. The van der Waals surface area contributed by atoms with Crippen LogP contribution in [0.3, 0.4) is 0 Å². The van der Waals surface area contributed by atoms with Gasteiger partial charge >= 0.3 is 5.97 Å². The fourth-order valence-electron chi connectivity index (χ4n) is 1.61. The van der Waals surface area contributed by atoms with Crippen LogP contribution in [0.25, 0.3) is 0 Å². The van der Waals surface area contributed by atoms with Crippen molar-refractivity contribution in [1.29, 1.82) is 0 Å². The van der Waals surface area contributed by atoms with E-state index in [2.05, 4.69) is 13.8 Å². The van der Waals surface area contributed by atoms with Gasteiger partial charge in [-0.2, -0.15) is 0 Å². The highest BCUT2D eigenvalue weighted by Gasteiger charge is 2.15. The number of aldehydes is 1. The van der Waals surface area contributed by atoms with E-state index in [1.807, 2.05) is 13.0 Å².